The maximum Gasteiger partial charge on any atom is 0.243 e. The zero-order chi connectivity index (χ0) is 13.2. The molecule has 1 heterocycles. The highest BCUT2D eigenvalue weighted by Crippen LogP contribution is 2.20. The molecule has 0 aliphatic rings. The molecule has 1 N–H and O–H groups in total. The number of hydrogen-bond acceptors (Lipinski definition) is 4. The molecule has 0 aliphatic carbocycles. The summed E-state index contributed by atoms with van der Waals surface area (Å²) < 4.78 is 30.6. The van der Waals surface area contributed by atoms with Crippen LogP contribution in [-0.4, -0.2) is 24.9 Å². The molecule has 1 aromatic heterocycles. The van der Waals surface area contributed by atoms with E-state index in [2.05, 4.69) is 0 Å². The molecule has 2 aromatic rings. The van der Waals surface area contributed by atoms with Crippen LogP contribution in [0.5, 0.6) is 5.75 Å². The van der Waals surface area contributed by atoms with Gasteiger partial charge in [0, 0.05) is 7.05 Å². The first kappa shape index (κ1) is 12.7. The molecule has 0 saturated carbocycles. The van der Waals surface area contributed by atoms with Gasteiger partial charge in [0.25, 0.3) is 0 Å². The number of benzene rings is 1. The van der Waals surface area contributed by atoms with E-state index in [1.54, 1.807) is 12.1 Å². The largest absolute Gasteiger partial charge is 0.508 e. The van der Waals surface area contributed by atoms with Gasteiger partial charge in [0.05, 0.1) is 17.7 Å². The second-order valence-electron chi connectivity index (χ2n) is 3.84. The Kier molecular flexibility index (Phi) is 3.40. The van der Waals surface area contributed by atoms with Crippen molar-refractivity contribution < 1.29 is 17.9 Å². The lowest BCUT2D eigenvalue weighted by atomic mass is 10.3. The van der Waals surface area contributed by atoms with E-state index in [1.807, 2.05) is 0 Å². The minimum absolute atomic E-state index is 0.0524. The van der Waals surface area contributed by atoms with Crippen LogP contribution < -0.4 is 0 Å². The third-order valence-electron chi connectivity index (χ3n) is 2.48. The van der Waals surface area contributed by atoms with Crippen molar-refractivity contribution in [1.29, 1.82) is 0 Å². The van der Waals surface area contributed by atoms with Crippen molar-refractivity contribution in [2.24, 2.45) is 0 Å². The van der Waals surface area contributed by atoms with Gasteiger partial charge in [-0.3, -0.25) is 0 Å². The average Bonchev–Trinajstić information content (AvgIpc) is 2.81. The monoisotopic (exact) mass is 267 g/mol. The highest BCUT2D eigenvalue weighted by Gasteiger charge is 2.21. The number of phenolic OH excluding ortho intramolecular Hbond substituents is 1. The van der Waals surface area contributed by atoms with Crippen LogP contribution in [0.1, 0.15) is 5.76 Å². The van der Waals surface area contributed by atoms with Gasteiger partial charge in [0.1, 0.15) is 11.5 Å². The quantitative estimate of drug-likeness (QED) is 0.917. The zero-order valence-corrected chi connectivity index (χ0v) is 10.6. The SMILES string of the molecule is CN(Cc1ccco1)S(=O)(=O)c1cccc(O)c1. The van der Waals surface area contributed by atoms with Crippen molar-refractivity contribution in [2.75, 3.05) is 7.05 Å². The molecule has 0 amide bonds. The molecule has 2 rings (SSSR count). The summed E-state index contributed by atoms with van der Waals surface area (Å²) in [6.07, 6.45) is 1.49. The minimum atomic E-state index is -3.62. The second kappa shape index (κ2) is 4.83. The molecule has 0 aliphatic heterocycles. The molecule has 1 aromatic carbocycles. The van der Waals surface area contributed by atoms with E-state index in [0.29, 0.717) is 5.76 Å². The third-order valence-corrected chi connectivity index (χ3v) is 4.28. The molecule has 96 valence electrons. The van der Waals surface area contributed by atoms with Gasteiger partial charge in [-0.2, -0.15) is 4.31 Å². The smallest absolute Gasteiger partial charge is 0.243 e. The maximum atomic E-state index is 12.2. The second-order valence-corrected chi connectivity index (χ2v) is 5.88. The Labute approximate surface area is 105 Å². The van der Waals surface area contributed by atoms with Gasteiger partial charge < -0.3 is 9.52 Å². The van der Waals surface area contributed by atoms with Crippen LogP contribution in [0.4, 0.5) is 0 Å². The average molecular weight is 267 g/mol. The van der Waals surface area contributed by atoms with Crippen LogP contribution in [0.25, 0.3) is 0 Å². The number of hydrogen-bond donors (Lipinski definition) is 1. The summed E-state index contributed by atoms with van der Waals surface area (Å²) in [5, 5.41) is 9.31. The number of aromatic hydroxyl groups is 1. The fraction of sp³-hybridized carbons (Fsp3) is 0.167. The van der Waals surface area contributed by atoms with Gasteiger partial charge in [0.15, 0.2) is 0 Å². The molecule has 5 nitrogen and oxygen atoms in total. The van der Waals surface area contributed by atoms with Gasteiger partial charge in [-0.05, 0) is 30.3 Å². The number of nitrogens with zero attached hydrogens (tertiary/aromatic N) is 1. The van der Waals surface area contributed by atoms with Crippen LogP contribution in [0.2, 0.25) is 0 Å². The summed E-state index contributed by atoms with van der Waals surface area (Å²) in [6, 6.07) is 8.97. The summed E-state index contributed by atoms with van der Waals surface area (Å²) in [6.45, 7) is 0.144. The fourth-order valence-corrected chi connectivity index (χ4v) is 2.71. The highest BCUT2D eigenvalue weighted by molar-refractivity contribution is 7.89. The van der Waals surface area contributed by atoms with E-state index < -0.39 is 10.0 Å². The molecule has 0 bridgehead atoms. The molecule has 6 heteroatoms. The van der Waals surface area contributed by atoms with Gasteiger partial charge in [-0.15, -0.1) is 0 Å². The molecule has 0 saturated heterocycles. The number of phenols is 1. The normalized spacial score (nSPS) is 11.9. The van der Waals surface area contributed by atoms with Crippen LogP contribution in [0, 0.1) is 0 Å². The first-order valence-electron chi connectivity index (χ1n) is 5.28. The number of rotatable bonds is 4. The van der Waals surface area contributed by atoms with Crippen molar-refractivity contribution in [1.82, 2.24) is 4.31 Å². The van der Waals surface area contributed by atoms with E-state index in [0.717, 1.165) is 0 Å². The van der Waals surface area contributed by atoms with E-state index >= 15 is 0 Å². The summed E-state index contributed by atoms with van der Waals surface area (Å²) in [7, 11) is -2.16. The minimum Gasteiger partial charge on any atom is -0.508 e. The first-order chi connectivity index (χ1) is 8.50. The predicted octanol–water partition coefficient (Wildman–Crippen LogP) is 1.81. The van der Waals surface area contributed by atoms with Crippen LogP contribution in [-0.2, 0) is 16.6 Å². The summed E-state index contributed by atoms with van der Waals surface area (Å²) in [5.74, 6) is 0.476. The van der Waals surface area contributed by atoms with Crippen molar-refractivity contribution in [3.05, 3.63) is 48.4 Å². The molecule has 0 fully saturated rings. The van der Waals surface area contributed by atoms with Crippen LogP contribution in [0.15, 0.2) is 52.0 Å². The topological polar surface area (TPSA) is 70.8 Å². The van der Waals surface area contributed by atoms with Crippen LogP contribution in [0.3, 0.4) is 0 Å². The number of furan rings is 1. The van der Waals surface area contributed by atoms with E-state index in [1.165, 1.54) is 41.9 Å². The van der Waals surface area contributed by atoms with Gasteiger partial charge >= 0.3 is 0 Å². The Morgan fingerprint density at radius 1 is 1.28 bits per heavy atom. The lowest BCUT2D eigenvalue weighted by Crippen LogP contribution is -2.26. The van der Waals surface area contributed by atoms with Crippen molar-refractivity contribution >= 4 is 10.0 Å². The Hall–Kier alpha value is -1.79. The molecule has 0 spiro atoms. The fourth-order valence-electron chi connectivity index (χ4n) is 1.53. The van der Waals surface area contributed by atoms with E-state index in [4.69, 9.17) is 4.42 Å². The standard InChI is InChI=1S/C12H13NO4S/c1-13(9-11-5-3-7-17-11)18(15,16)12-6-2-4-10(14)8-12/h2-8,14H,9H2,1H3. The molecular weight excluding hydrogens is 254 g/mol. The maximum absolute atomic E-state index is 12.2. The third kappa shape index (κ3) is 2.55. The van der Waals surface area contributed by atoms with Crippen molar-refractivity contribution in [3.63, 3.8) is 0 Å². The van der Waals surface area contributed by atoms with Gasteiger partial charge in [-0.1, -0.05) is 6.07 Å². The Balaban J connectivity index is 2.25. The lowest BCUT2D eigenvalue weighted by molar-refractivity contribution is 0.406. The Bertz CT molecular complexity index is 619. The van der Waals surface area contributed by atoms with Gasteiger partial charge in [0.2, 0.25) is 10.0 Å². The predicted molar refractivity (Wildman–Crippen MR) is 65.5 cm³/mol. The number of sulfonamides is 1. The molecule has 0 radical (unpaired) electrons. The Morgan fingerprint density at radius 3 is 2.67 bits per heavy atom. The molecule has 18 heavy (non-hydrogen) atoms. The highest BCUT2D eigenvalue weighted by atomic mass is 32.2. The first-order valence-corrected chi connectivity index (χ1v) is 6.72. The van der Waals surface area contributed by atoms with Gasteiger partial charge in [-0.25, -0.2) is 8.42 Å². The lowest BCUT2D eigenvalue weighted by Gasteiger charge is -2.15. The molecule has 0 unspecified atom stereocenters. The summed E-state index contributed by atoms with van der Waals surface area (Å²) in [4.78, 5) is 0.0524. The van der Waals surface area contributed by atoms with Crippen molar-refractivity contribution in [3.8, 4) is 5.75 Å². The van der Waals surface area contributed by atoms with E-state index in [9.17, 15) is 13.5 Å². The summed E-state index contributed by atoms with van der Waals surface area (Å²) >= 11 is 0. The van der Waals surface area contributed by atoms with Crippen LogP contribution >= 0.6 is 0 Å². The summed E-state index contributed by atoms with van der Waals surface area (Å²) in [5.41, 5.74) is 0. The Morgan fingerprint density at radius 2 is 2.06 bits per heavy atom. The van der Waals surface area contributed by atoms with Crippen molar-refractivity contribution in [2.45, 2.75) is 11.4 Å². The molecular formula is C12H13NO4S. The van der Waals surface area contributed by atoms with E-state index in [-0.39, 0.29) is 17.2 Å². The zero-order valence-electron chi connectivity index (χ0n) is 9.78. The molecule has 0 atom stereocenters.